The quantitative estimate of drug-likeness (QED) is 0.519. The summed E-state index contributed by atoms with van der Waals surface area (Å²) in [5.74, 6) is -0.936. The van der Waals surface area contributed by atoms with Gasteiger partial charge < -0.3 is 25.3 Å². The summed E-state index contributed by atoms with van der Waals surface area (Å²) in [5.41, 5.74) is 5.83. The Morgan fingerprint density at radius 2 is 2.00 bits per heavy atom. The summed E-state index contributed by atoms with van der Waals surface area (Å²) >= 11 is 0. The van der Waals surface area contributed by atoms with Crippen LogP contribution in [0, 0.1) is 0 Å². The van der Waals surface area contributed by atoms with Crippen molar-refractivity contribution in [1.29, 1.82) is 0 Å². The average Bonchev–Trinajstić information content (AvgIpc) is 2.58. The van der Waals surface area contributed by atoms with Crippen LogP contribution in [0.2, 0.25) is 0 Å². The van der Waals surface area contributed by atoms with Crippen LogP contribution in [0.5, 0.6) is 5.75 Å². The molecular formula is C16H22N2O6. The number of carbonyl (C=O) groups excluding carboxylic acids is 3. The van der Waals surface area contributed by atoms with Crippen LogP contribution >= 0.6 is 0 Å². The summed E-state index contributed by atoms with van der Waals surface area (Å²) in [5, 5.41) is 2.43. The highest BCUT2D eigenvalue weighted by atomic mass is 16.6. The molecule has 0 aliphatic heterocycles. The normalized spacial score (nSPS) is 9.92. The smallest absolute Gasteiger partial charge is 0.343 e. The molecule has 0 radical (unpaired) electrons. The van der Waals surface area contributed by atoms with Crippen LogP contribution in [0.3, 0.4) is 0 Å². The Morgan fingerprint density at radius 1 is 1.25 bits per heavy atom. The molecule has 8 nitrogen and oxygen atoms in total. The van der Waals surface area contributed by atoms with E-state index in [4.69, 9.17) is 15.2 Å². The van der Waals surface area contributed by atoms with Crippen LogP contribution in [-0.4, -0.2) is 38.3 Å². The number of nitrogens with one attached hydrogen (secondary N) is 1. The van der Waals surface area contributed by atoms with Gasteiger partial charge in [-0.1, -0.05) is 19.4 Å². The zero-order chi connectivity index (χ0) is 17.9. The summed E-state index contributed by atoms with van der Waals surface area (Å²) in [6.45, 7) is 2.09. The highest BCUT2D eigenvalue weighted by Gasteiger charge is 2.16. The molecule has 24 heavy (non-hydrogen) atoms. The molecule has 0 bridgehead atoms. The first-order valence-corrected chi connectivity index (χ1v) is 7.50. The van der Waals surface area contributed by atoms with Crippen molar-refractivity contribution in [2.45, 2.75) is 26.3 Å². The topological polar surface area (TPSA) is 117 Å². The van der Waals surface area contributed by atoms with Crippen molar-refractivity contribution in [3.05, 3.63) is 29.3 Å². The number of unbranched alkanes of at least 4 members (excludes halogenated alkanes) is 1. The van der Waals surface area contributed by atoms with Gasteiger partial charge in [-0.25, -0.2) is 14.4 Å². The lowest BCUT2D eigenvalue weighted by Crippen LogP contribution is -2.28. The second-order valence-electron chi connectivity index (χ2n) is 4.90. The lowest BCUT2D eigenvalue weighted by atomic mass is 10.1. The zero-order valence-corrected chi connectivity index (χ0v) is 13.8. The van der Waals surface area contributed by atoms with E-state index in [-0.39, 0.29) is 31.1 Å². The van der Waals surface area contributed by atoms with Gasteiger partial charge in [-0.05, 0) is 24.1 Å². The first-order valence-electron chi connectivity index (χ1n) is 7.50. The van der Waals surface area contributed by atoms with Crippen LogP contribution in [0.1, 0.15) is 35.7 Å². The van der Waals surface area contributed by atoms with Gasteiger partial charge in [0.05, 0.1) is 13.7 Å². The molecule has 0 fully saturated rings. The largest absolute Gasteiger partial charge is 0.481 e. The fraction of sp³-hybridized carbons (Fsp3) is 0.438. The summed E-state index contributed by atoms with van der Waals surface area (Å²) in [6, 6.07) is 4.02. The van der Waals surface area contributed by atoms with Gasteiger partial charge >= 0.3 is 18.0 Å². The molecule has 0 heterocycles. The van der Waals surface area contributed by atoms with Crippen LogP contribution < -0.4 is 15.8 Å². The molecule has 0 spiro atoms. The standard InChI is InChI=1S/C16H22N2O6/c1-3-4-7-23-15(20)12-8-11(9-18-16(17)21)5-6-13(12)24-10-14(19)22-2/h5-6,8H,3-4,7,9-10H2,1-2H3,(H3,17,18,21). The Bertz CT molecular complexity index is 588. The number of hydrogen-bond donors (Lipinski definition) is 2. The van der Waals surface area contributed by atoms with Crippen molar-refractivity contribution in [1.82, 2.24) is 5.32 Å². The van der Waals surface area contributed by atoms with E-state index in [1.165, 1.54) is 19.2 Å². The van der Waals surface area contributed by atoms with Crippen molar-refractivity contribution >= 4 is 18.0 Å². The third kappa shape index (κ3) is 6.55. The van der Waals surface area contributed by atoms with E-state index < -0.39 is 18.0 Å². The van der Waals surface area contributed by atoms with Crippen LogP contribution in [0.4, 0.5) is 4.79 Å². The second kappa shape index (κ2) is 10.1. The molecule has 132 valence electrons. The number of benzene rings is 1. The molecule has 1 rings (SSSR count). The van der Waals surface area contributed by atoms with E-state index >= 15 is 0 Å². The molecule has 8 heteroatoms. The molecule has 0 atom stereocenters. The van der Waals surface area contributed by atoms with Gasteiger partial charge in [0.25, 0.3) is 0 Å². The van der Waals surface area contributed by atoms with E-state index in [0.29, 0.717) is 5.56 Å². The van der Waals surface area contributed by atoms with Crippen molar-refractivity contribution in [3.63, 3.8) is 0 Å². The Labute approximate surface area is 140 Å². The summed E-state index contributed by atoms with van der Waals surface area (Å²) < 4.78 is 15.0. The van der Waals surface area contributed by atoms with Gasteiger partial charge in [0.15, 0.2) is 6.61 Å². The Hall–Kier alpha value is -2.77. The minimum atomic E-state index is -0.673. The lowest BCUT2D eigenvalue weighted by Gasteiger charge is -2.12. The Kier molecular flexibility index (Phi) is 8.10. The maximum Gasteiger partial charge on any atom is 0.343 e. The summed E-state index contributed by atoms with van der Waals surface area (Å²) in [4.78, 5) is 34.2. The molecule has 0 aliphatic rings. The highest BCUT2D eigenvalue weighted by molar-refractivity contribution is 5.93. The monoisotopic (exact) mass is 338 g/mol. The number of esters is 2. The van der Waals surface area contributed by atoms with Crippen molar-refractivity contribution in [2.75, 3.05) is 20.3 Å². The molecule has 1 aromatic rings. The average molecular weight is 338 g/mol. The number of rotatable bonds is 9. The number of hydrogen-bond acceptors (Lipinski definition) is 6. The van der Waals surface area contributed by atoms with E-state index in [9.17, 15) is 14.4 Å². The fourth-order valence-electron chi connectivity index (χ4n) is 1.74. The van der Waals surface area contributed by atoms with E-state index in [1.807, 2.05) is 6.92 Å². The first kappa shape index (κ1) is 19.3. The maximum absolute atomic E-state index is 12.2. The number of carbonyl (C=O) groups is 3. The molecule has 0 aliphatic carbocycles. The molecule has 0 saturated heterocycles. The van der Waals surface area contributed by atoms with Crippen molar-refractivity contribution in [2.24, 2.45) is 5.73 Å². The highest BCUT2D eigenvalue weighted by Crippen LogP contribution is 2.22. The van der Waals surface area contributed by atoms with Crippen LogP contribution in [0.25, 0.3) is 0 Å². The molecule has 1 aromatic carbocycles. The minimum Gasteiger partial charge on any atom is -0.481 e. The van der Waals surface area contributed by atoms with E-state index in [2.05, 4.69) is 10.1 Å². The SMILES string of the molecule is CCCCOC(=O)c1cc(CNC(N)=O)ccc1OCC(=O)OC. The van der Waals surface area contributed by atoms with Crippen LogP contribution in [0.15, 0.2) is 18.2 Å². The molecular weight excluding hydrogens is 316 g/mol. The zero-order valence-electron chi connectivity index (χ0n) is 13.8. The molecule has 2 amide bonds. The number of urea groups is 1. The summed E-state index contributed by atoms with van der Waals surface area (Å²) in [6.07, 6.45) is 1.63. The van der Waals surface area contributed by atoms with Gasteiger partial charge in [-0.3, -0.25) is 0 Å². The Balaban J connectivity index is 2.92. The lowest BCUT2D eigenvalue weighted by molar-refractivity contribution is -0.142. The first-order chi connectivity index (χ1) is 11.5. The van der Waals surface area contributed by atoms with Gasteiger partial charge in [-0.15, -0.1) is 0 Å². The van der Waals surface area contributed by atoms with Gasteiger partial charge in [0.2, 0.25) is 0 Å². The number of amides is 2. The molecule has 0 unspecified atom stereocenters. The van der Waals surface area contributed by atoms with Gasteiger partial charge in [0.1, 0.15) is 11.3 Å². The molecule has 0 aromatic heterocycles. The minimum absolute atomic E-state index is 0.155. The predicted molar refractivity (Wildman–Crippen MR) is 85.6 cm³/mol. The Morgan fingerprint density at radius 3 is 2.62 bits per heavy atom. The van der Waals surface area contributed by atoms with Gasteiger partial charge in [0, 0.05) is 6.54 Å². The second-order valence-corrected chi connectivity index (χ2v) is 4.90. The third-order valence-electron chi connectivity index (χ3n) is 3.03. The van der Waals surface area contributed by atoms with Crippen molar-refractivity contribution in [3.8, 4) is 5.75 Å². The maximum atomic E-state index is 12.2. The third-order valence-corrected chi connectivity index (χ3v) is 3.03. The number of primary amides is 1. The number of methoxy groups -OCH3 is 1. The number of nitrogens with two attached hydrogens (primary N) is 1. The molecule has 0 saturated carbocycles. The van der Waals surface area contributed by atoms with Crippen molar-refractivity contribution < 1.29 is 28.6 Å². The summed E-state index contributed by atoms with van der Waals surface area (Å²) in [7, 11) is 1.24. The fourth-order valence-corrected chi connectivity index (χ4v) is 1.74. The van der Waals surface area contributed by atoms with E-state index in [1.54, 1.807) is 6.07 Å². The van der Waals surface area contributed by atoms with Crippen LogP contribution in [-0.2, 0) is 20.8 Å². The predicted octanol–water partition coefficient (Wildman–Crippen LogP) is 1.36. The molecule has 3 N–H and O–H groups in total. The number of ether oxygens (including phenoxy) is 3. The van der Waals surface area contributed by atoms with Gasteiger partial charge in [-0.2, -0.15) is 0 Å². The van der Waals surface area contributed by atoms with E-state index in [0.717, 1.165) is 12.8 Å².